The van der Waals surface area contributed by atoms with Crippen molar-refractivity contribution < 1.29 is 4.79 Å². The predicted molar refractivity (Wildman–Crippen MR) is 143 cm³/mol. The normalized spacial score (nSPS) is 13.5. The minimum atomic E-state index is -0.183. The largest absolute Gasteiger partial charge is 0.329 e. The minimum absolute atomic E-state index is 0.00299. The summed E-state index contributed by atoms with van der Waals surface area (Å²) in [5.74, 6) is -0.0467. The van der Waals surface area contributed by atoms with Crippen LogP contribution in [0, 0.1) is 0 Å². The van der Waals surface area contributed by atoms with Gasteiger partial charge in [0.1, 0.15) is 4.83 Å². The average Bonchev–Trinajstić information content (AvgIpc) is 3.36. The fourth-order valence-corrected chi connectivity index (χ4v) is 7.11. The van der Waals surface area contributed by atoms with Crippen LogP contribution < -0.4 is 16.6 Å². The predicted octanol–water partition coefficient (Wildman–Crippen LogP) is 4.24. The molecule has 3 heterocycles. The van der Waals surface area contributed by atoms with Gasteiger partial charge in [-0.1, -0.05) is 11.8 Å². The number of rotatable bonds is 7. The third kappa shape index (κ3) is 4.12. The summed E-state index contributed by atoms with van der Waals surface area (Å²) >= 11 is 2.91. The van der Waals surface area contributed by atoms with Crippen molar-refractivity contribution in [1.82, 2.24) is 18.7 Å². The molecule has 0 atom stereocenters. The molecule has 1 aliphatic carbocycles. The number of carbonyl (C=O) groups is 1. The molecule has 0 unspecified atom stereocenters. The molecule has 1 aliphatic rings. The van der Waals surface area contributed by atoms with Gasteiger partial charge in [0.25, 0.3) is 5.56 Å². The van der Waals surface area contributed by atoms with Gasteiger partial charge in [-0.2, -0.15) is 0 Å². The molecule has 35 heavy (non-hydrogen) atoms. The Balaban J connectivity index is 1.38. The van der Waals surface area contributed by atoms with Crippen LogP contribution in [-0.2, 0) is 37.3 Å². The molecule has 8 nitrogen and oxygen atoms in total. The molecule has 0 aliphatic heterocycles. The zero-order valence-electron chi connectivity index (χ0n) is 20.2. The quantitative estimate of drug-likeness (QED) is 0.296. The lowest BCUT2D eigenvalue weighted by atomic mass is 9.97. The van der Waals surface area contributed by atoms with Crippen molar-refractivity contribution in [1.29, 1.82) is 0 Å². The van der Waals surface area contributed by atoms with E-state index >= 15 is 0 Å². The van der Waals surface area contributed by atoms with E-state index in [0.717, 1.165) is 46.9 Å². The number of fused-ring (bicyclic) bond motifs is 4. The number of benzene rings is 1. The van der Waals surface area contributed by atoms with Crippen LogP contribution in [0.5, 0.6) is 0 Å². The maximum atomic E-state index is 13.3. The molecule has 1 aromatic carbocycles. The Morgan fingerprint density at radius 1 is 1.03 bits per heavy atom. The highest BCUT2D eigenvalue weighted by molar-refractivity contribution is 7.99. The van der Waals surface area contributed by atoms with Crippen LogP contribution in [0.15, 0.2) is 32.9 Å². The number of imidazole rings is 1. The molecule has 184 valence electrons. The van der Waals surface area contributed by atoms with E-state index < -0.39 is 0 Å². The fraction of sp³-hybridized carbons (Fsp3) is 0.440. The standard InChI is InChI=1S/C25H29N5O3S2/c1-4-28-17-12-11-15(13-18(17)29(5-2)25(28)33)26-20(31)14-34-24-27-22-21(23(32)30(24)6-3)16-9-7-8-10-19(16)35-22/h11-13H,4-10,14H2,1-3H3,(H,26,31). The van der Waals surface area contributed by atoms with E-state index in [1.54, 1.807) is 25.0 Å². The van der Waals surface area contributed by atoms with E-state index in [0.29, 0.717) is 30.5 Å². The monoisotopic (exact) mass is 511 g/mol. The lowest BCUT2D eigenvalue weighted by molar-refractivity contribution is -0.113. The molecule has 5 rings (SSSR count). The second-order valence-corrected chi connectivity index (χ2v) is 10.7. The number of anilines is 1. The van der Waals surface area contributed by atoms with Gasteiger partial charge in [0.05, 0.1) is 22.2 Å². The first-order chi connectivity index (χ1) is 17.0. The first-order valence-corrected chi connectivity index (χ1v) is 14.0. The van der Waals surface area contributed by atoms with Crippen molar-refractivity contribution in [3.63, 3.8) is 0 Å². The number of nitrogens with zero attached hydrogens (tertiary/aromatic N) is 4. The van der Waals surface area contributed by atoms with Gasteiger partial charge in [-0.05, 0) is 70.2 Å². The van der Waals surface area contributed by atoms with Gasteiger partial charge in [0.2, 0.25) is 5.91 Å². The summed E-state index contributed by atoms with van der Waals surface area (Å²) in [7, 11) is 0. The molecule has 1 amide bonds. The van der Waals surface area contributed by atoms with Crippen molar-refractivity contribution >= 4 is 55.9 Å². The van der Waals surface area contributed by atoms with Gasteiger partial charge in [-0.15, -0.1) is 11.3 Å². The summed E-state index contributed by atoms with van der Waals surface area (Å²) in [6.07, 6.45) is 4.24. The Morgan fingerprint density at radius 3 is 2.49 bits per heavy atom. The van der Waals surface area contributed by atoms with E-state index in [2.05, 4.69) is 5.32 Å². The van der Waals surface area contributed by atoms with Crippen LogP contribution in [0.1, 0.15) is 44.1 Å². The maximum absolute atomic E-state index is 13.3. The summed E-state index contributed by atoms with van der Waals surface area (Å²) in [5, 5.41) is 4.29. The van der Waals surface area contributed by atoms with Crippen molar-refractivity contribution in [3.05, 3.63) is 49.5 Å². The molecule has 1 N–H and O–H groups in total. The first-order valence-electron chi connectivity index (χ1n) is 12.2. The molecule has 0 bridgehead atoms. The molecular formula is C25H29N5O3S2. The van der Waals surface area contributed by atoms with Crippen LogP contribution in [0.3, 0.4) is 0 Å². The molecule has 0 saturated heterocycles. The van der Waals surface area contributed by atoms with Crippen LogP contribution >= 0.6 is 23.1 Å². The van der Waals surface area contributed by atoms with E-state index in [9.17, 15) is 14.4 Å². The third-order valence-corrected chi connectivity index (χ3v) is 8.79. The van der Waals surface area contributed by atoms with Crippen LogP contribution in [0.4, 0.5) is 5.69 Å². The summed E-state index contributed by atoms with van der Waals surface area (Å²) in [4.78, 5) is 45.5. The Kier molecular flexibility index (Phi) is 6.59. The molecule has 0 saturated carbocycles. The van der Waals surface area contributed by atoms with Gasteiger partial charge in [0, 0.05) is 30.2 Å². The Bertz CT molecular complexity index is 1560. The first kappa shape index (κ1) is 23.9. The summed E-state index contributed by atoms with van der Waals surface area (Å²) < 4.78 is 5.12. The lowest BCUT2D eigenvalue weighted by Gasteiger charge is -2.12. The molecule has 0 spiro atoms. The van der Waals surface area contributed by atoms with Gasteiger partial charge >= 0.3 is 5.69 Å². The van der Waals surface area contributed by atoms with Crippen molar-refractivity contribution in [3.8, 4) is 0 Å². The number of aryl methyl sites for hydroxylation is 4. The zero-order valence-corrected chi connectivity index (χ0v) is 21.9. The van der Waals surface area contributed by atoms with Crippen molar-refractivity contribution in [2.45, 2.75) is 71.2 Å². The topological polar surface area (TPSA) is 90.9 Å². The Hall–Kier alpha value is -2.85. The SMILES string of the molecule is CCn1c(SCC(=O)Nc2ccc3c(c2)n(CC)c(=O)n3CC)nc2sc3c(c2c1=O)CCCC3. The molecule has 0 fully saturated rings. The molecular weight excluding hydrogens is 482 g/mol. The third-order valence-electron chi connectivity index (χ3n) is 6.62. The average molecular weight is 512 g/mol. The summed E-state index contributed by atoms with van der Waals surface area (Å²) in [5.41, 5.74) is 3.44. The summed E-state index contributed by atoms with van der Waals surface area (Å²) in [6.45, 7) is 7.47. The van der Waals surface area contributed by atoms with E-state index in [4.69, 9.17) is 4.98 Å². The molecule has 4 aromatic rings. The molecule has 0 radical (unpaired) electrons. The number of hydrogen-bond donors (Lipinski definition) is 1. The maximum Gasteiger partial charge on any atom is 0.329 e. The minimum Gasteiger partial charge on any atom is -0.325 e. The number of aromatic nitrogens is 4. The highest BCUT2D eigenvalue weighted by atomic mass is 32.2. The van der Waals surface area contributed by atoms with Gasteiger partial charge in [0.15, 0.2) is 5.16 Å². The van der Waals surface area contributed by atoms with E-state index in [-0.39, 0.29) is 22.9 Å². The van der Waals surface area contributed by atoms with Crippen LogP contribution in [-0.4, -0.2) is 30.3 Å². The highest BCUT2D eigenvalue weighted by Gasteiger charge is 2.22. The number of carbonyl (C=O) groups excluding carboxylic acids is 1. The number of thiophene rings is 1. The van der Waals surface area contributed by atoms with Crippen molar-refractivity contribution in [2.24, 2.45) is 0 Å². The molecule has 3 aromatic heterocycles. The van der Waals surface area contributed by atoms with Gasteiger partial charge < -0.3 is 5.32 Å². The Morgan fingerprint density at radius 2 is 1.74 bits per heavy atom. The fourth-order valence-electron chi connectivity index (χ4n) is 4.94. The van der Waals surface area contributed by atoms with Crippen LogP contribution in [0.2, 0.25) is 0 Å². The molecule has 10 heteroatoms. The number of amides is 1. The second kappa shape index (κ2) is 9.66. The zero-order chi connectivity index (χ0) is 24.7. The van der Waals surface area contributed by atoms with Crippen LogP contribution in [0.25, 0.3) is 21.3 Å². The lowest BCUT2D eigenvalue weighted by Crippen LogP contribution is -2.24. The highest BCUT2D eigenvalue weighted by Crippen LogP contribution is 2.34. The number of nitrogens with one attached hydrogen (secondary N) is 1. The van der Waals surface area contributed by atoms with E-state index in [1.807, 2.05) is 39.0 Å². The second-order valence-electron chi connectivity index (χ2n) is 8.65. The van der Waals surface area contributed by atoms with E-state index in [1.165, 1.54) is 22.2 Å². The Labute approximate surface area is 211 Å². The van der Waals surface area contributed by atoms with Gasteiger partial charge in [-0.25, -0.2) is 9.78 Å². The number of hydrogen-bond acceptors (Lipinski definition) is 6. The van der Waals surface area contributed by atoms with Gasteiger partial charge in [-0.3, -0.25) is 23.3 Å². The summed E-state index contributed by atoms with van der Waals surface area (Å²) in [6, 6.07) is 5.54. The number of thioether (sulfide) groups is 1. The smallest absolute Gasteiger partial charge is 0.325 e. The van der Waals surface area contributed by atoms with Crippen molar-refractivity contribution in [2.75, 3.05) is 11.1 Å².